The van der Waals surface area contributed by atoms with Crippen LogP contribution in [-0.2, 0) is 4.79 Å². The standard InChI is InChI=1S/C18H24GeO2Si/c1-19(2,3)17(18(20)21)22(4,15-11-7-5-8-12-15)16-13-9-6-10-14-16/h5-14,17H,1-4H3,(H,20,21). The number of benzene rings is 2. The number of hydrogen-bond donors (Lipinski definition) is 1. The molecule has 0 spiro atoms. The van der Waals surface area contributed by atoms with Gasteiger partial charge >= 0.3 is 136 Å². The Hall–Kier alpha value is -1.33. The second-order valence-corrected chi connectivity index (χ2v) is 23.6. The van der Waals surface area contributed by atoms with Gasteiger partial charge in [-0.05, 0) is 0 Å². The van der Waals surface area contributed by atoms with E-state index >= 15 is 0 Å². The van der Waals surface area contributed by atoms with Crippen LogP contribution < -0.4 is 10.4 Å². The van der Waals surface area contributed by atoms with Crippen LogP contribution in [0.4, 0.5) is 0 Å². The van der Waals surface area contributed by atoms with Crippen molar-refractivity contribution in [3.63, 3.8) is 0 Å². The Morgan fingerprint density at radius 3 is 1.55 bits per heavy atom. The zero-order chi connectivity index (χ0) is 16.4. The summed E-state index contributed by atoms with van der Waals surface area (Å²) in [7, 11) is -2.35. The van der Waals surface area contributed by atoms with Crippen molar-refractivity contribution in [3.05, 3.63) is 60.7 Å². The van der Waals surface area contributed by atoms with Crippen LogP contribution in [0, 0.1) is 0 Å². The van der Waals surface area contributed by atoms with Crippen molar-refractivity contribution in [2.24, 2.45) is 0 Å². The first-order valence-corrected chi connectivity index (χ1v) is 17.7. The monoisotopic (exact) mass is 374 g/mol. The van der Waals surface area contributed by atoms with Gasteiger partial charge in [-0.2, -0.15) is 0 Å². The molecule has 0 aliphatic carbocycles. The molecule has 2 rings (SSSR count). The molecule has 1 unspecified atom stereocenters. The molecule has 2 aromatic carbocycles. The minimum atomic E-state index is -2.44. The third-order valence-corrected chi connectivity index (χ3v) is 21.2. The molecule has 0 heterocycles. The van der Waals surface area contributed by atoms with E-state index in [-0.39, 0.29) is 4.37 Å². The maximum atomic E-state index is 12.2. The molecule has 0 radical (unpaired) electrons. The summed E-state index contributed by atoms with van der Waals surface area (Å²) in [4.78, 5) is 12.2. The summed E-state index contributed by atoms with van der Waals surface area (Å²) in [6.07, 6.45) is 0. The Balaban J connectivity index is 2.73. The second kappa shape index (κ2) is 6.42. The van der Waals surface area contributed by atoms with Crippen molar-refractivity contribution >= 4 is 37.7 Å². The molecule has 0 fully saturated rings. The number of aliphatic carboxylic acids is 1. The van der Waals surface area contributed by atoms with Crippen molar-refractivity contribution in [3.8, 4) is 0 Å². The van der Waals surface area contributed by atoms with E-state index in [1.54, 1.807) is 0 Å². The third-order valence-electron chi connectivity index (χ3n) is 4.44. The molecule has 2 aromatic rings. The van der Waals surface area contributed by atoms with E-state index in [0.717, 1.165) is 0 Å². The molecule has 0 saturated carbocycles. The topological polar surface area (TPSA) is 37.3 Å². The molecule has 0 aromatic heterocycles. The molecule has 1 N–H and O–H groups in total. The quantitative estimate of drug-likeness (QED) is 0.818. The summed E-state index contributed by atoms with van der Waals surface area (Å²) in [6, 6.07) is 20.6. The predicted molar refractivity (Wildman–Crippen MR) is 98.5 cm³/mol. The van der Waals surface area contributed by atoms with Crippen molar-refractivity contribution in [2.45, 2.75) is 28.2 Å². The molecule has 0 bridgehead atoms. The SMILES string of the molecule is C[Si](c1ccccc1)(c1ccccc1)[CH](C(=O)O)[Ge]([CH3])([CH3])[CH3]. The van der Waals surface area contributed by atoms with Gasteiger partial charge in [-0.25, -0.2) is 0 Å². The Bertz CT molecular complexity index is 596. The Morgan fingerprint density at radius 1 is 0.909 bits per heavy atom. The number of hydrogen-bond acceptors (Lipinski definition) is 1. The van der Waals surface area contributed by atoms with Crippen LogP contribution in [0.3, 0.4) is 0 Å². The van der Waals surface area contributed by atoms with Gasteiger partial charge in [0.25, 0.3) is 0 Å². The van der Waals surface area contributed by atoms with E-state index in [1.165, 1.54) is 10.4 Å². The summed E-state index contributed by atoms with van der Waals surface area (Å²) in [5.41, 5.74) is 0. The normalized spacial score (nSPS) is 13.6. The fourth-order valence-corrected chi connectivity index (χ4v) is 23.1. The second-order valence-electron chi connectivity index (χ2n) is 7.07. The van der Waals surface area contributed by atoms with Crippen molar-refractivity contribution in [2.75, 3.05) is 0 Å². The van der Waals surface area contributed by atoms with Gasteiger partial charge in [0.15, 0.2) is 0 Å². The number of carboxylic acids is 1. The van der Waals surface area contributed by atoms with E-state index < -0.39 is 27.3 Å². The summed E-state index contributed by atoms with van der Waals surface area (Å²) < 4.78 is -0.211. The van der Waals surface area contributed by atoms with Gasteiger partial charge in [0, 0.05) is 0 Å². The fourth-order valence-electron chi connectivity index (χ4n) is 3.55. The first-order valence-electron chi connectivity index (χ1n) is 7.62. The Labute approximate surface area is 136 Å². The summed E-state index contributed by atoms with van der Waals surface area (Å²) >= 11 is -2.44. The van der Waals surface area contributed by atoms with E-state index in [2.05, 4.69) is 48.1 Å². The van der Waals surface area contributed by atoms with E-state index in [9.17, 15) is 9.90 Å². The van der Waals surface area contributed by atoms with E-state index in [0.29, 0.717) is 0 Å². The minimum absolute atomic E-state index is 0.211. The first kappa shape index (κ1) is 17.0. The third kappa shape index (κ3) is 3.20. The predicted octanol–water partition coefficient (Wildman–Crippen LogP) is 3.21. The van der Waals surface area contributed by atoms with Gasteiger partial charge in [-0.3, -0.25) is 0 Å². The number of rotatable bonds is 5. The molecule has 4 heteroatoms. The first-order chi connectivity index (χ1) is 10.3. The van der Waals surface area contributed by atoms with Crippen LogP contribution in [0.1, 0.15) is 0 Å². The molecule has 0 saturated heterocycles. The molecule has 1 atom stereocenters. The van der Waals surface area contributed by atoms with Crippen LogP contribution in [0.2, 0.25) is 28.2 Å². The van der Waals surface area contributed by atoms with Crippen LogP contribution in [0.25, 0.3) is 0 Å². The average Bonchev–Trinajstić information content (AvgIpc) is 2.47. The van der Waals surface area contributed by atoms with E-state index in [1.807, 2.05) is 36.4 Å². The Kier molecular flexibility index (Phi) is 4.97. The van der Waals surface area contributed by atoms with Crippen LogP contribution in [-0.4, -0.2) is 32.4 Å². The van der Waals surface area contributed by atoms with Gasteiger partial charge < -0.3 is 0 Å². The molecule has 0 aliphatic rings. The molecule has 116 valence electrons. The van der Waals surface area contributed by atoms with Gasteiger partial charge in [0.05, 0.1) is 0 Å². The fraction of sp³-hybridized carbons (Fsp3) is 0.278. The van der Waals surface area contributed by atoms with E-state index in [4.69, 9.17) is 0 Å². The van der Waals surface area contributed by atoms with Crippen molar-refractivity contribution < 1.29 is 9.90 Å². The molecule has 22 heavy (non-hydrogen) atoms. The Morgan fingerprint density at radius 2 is 1.27 bits per heavy atom. The van der Waals surface area contributed by atoms with Crippen molar-refractivity contribution in [1.29, 1.82) is 0 Å². The zero-order valence-corrected chi connectivity index (χ0v) is 16.8. The number of carbonyl (C=O) groups is 1. The summed E-state index contributed by atoms with van der Waals surface area (Å²) in [5, 5.41) is 12.5. The molecule has 0 aliphatic heterocycles. The number of carboxylic acid groups (broad SMARTS) is 1. The van der Waals surface area contributed by atoms with Gasteiger partial charge in [-0.15, -0.1) is 0 Å². The summed E-state index contributed by atoms with van der Waals surface area (Å²) in [6.45, 7) is 2.23. The van der Waals surface area contributed by atoms with Crippen LogP contribution >= 0.6 is 0 Å². The molecule has 2 nitrogen and oxygen atoms in total. The van der Waals surface area contributed by atoms with Gasteiger partial charge in [0.1, 0.15) is 0 Å². The van der Waals surface area contributed by atoms with Crippen LogP contribution in [0.5, 0.6) is 0 Å². The molecular formula is C18H24GeO2Si. The molecule has 0 amide bonds. The van der Waals surface area contributed by atoms with Crippen LogP contribution in [0.15, 0.2) is 60.7 Å². The average molecular weight is 373 g/mol. The van der Waals surface area contributed by atoms with Gasteiger partial charge in [-0.1, -0.05) is 0 Å². The molecular weight excluding hydrogens is 349 g/mol. The van der Waals surface area contributed by atoms with Crippen molar-refractivity contribution in [1.82, 2.24) is 0 Å². The maximum absolute atomic E-state index is 12.2. The van der Waals surface area contributed by atoms with Gasteiger partial charge in [0.2, 0.25) is 0 Å². The summed E-state index contributed by atoms with van der Waals surface area (Å²) in [5.74, 6) is 6.04. The zero-order valence-electron chi connectivity index (χ0n) is 13.7.